The molecule has 2 amide bonds. The van der Waals surface area contributed by atoms with Gasteiger partial charge in [0.1, 0.15) is 6.61 Å². The summed E-state index contributed by atoms with van der Waals surface area (Å²) in [5.41, 5.74) is 4.07. The molecule has 0 radical (unpaired) electrons. The van der Waals surface area contributed by atoms with Crippen molar-refractivity contribution in [2.75, 3.05) is 6.61 Å². The number of ether oxygens (including phenoxy) is 1. The van der Waals surface area contributed by atoms with Crippen LogP contribution >= 0.6 is 0 Å². The first-order chi connectivity index (χ1) is 16.4. The second-order valence-electron chi connectivity index (χ2n) is 9.89. The van der Waals surface area contributed by atoms with Gasteiger partial charge in [-0.2, -0.15) is 0 Å². The molecule has 0 bridgehead atoms. The number of carbonyl (C=O) groups is 3. The Labute approximate surface area is 198 Å². The molecule has 0 aromatic heterocycles. The maximum atomic E-state index is 12.8. The van der Waals surface area contributed by atoms with Crippen LogP contribution in [-0.2, 0) is 14.3 Å². The summed E-state index contributed by atoms with van der Waals surface area (Å²) < 4.78 is 5.72. The van der Waals surface area contributed by atoms with Crippen LogP contribution in [0.25, 0.3) is 11.1 Å². The Bertz CT molecular complexity index is 1060. The highest BCUT2D eigenvalue weighted by Gasteiger charge is 2.40. The minimum atomic E-state index is -0.810. The molecule has 2 saturated carbocycles. The number of aliphatic carboxylic acids is 1. The molecule has 0 unspecified atom stereocenters. The molecule has 2 aromatic rings. The third-order valence-electron chi connectivity index (χ3n) is 7.62. The van der Waals surface area contributed by atoms with Crippen LogP contribution in [0.5, 0.6) is 0 Å². The van der Waals surface area contributed by atoms with Gasteiger partial charge in [0.25, 0.3) is 0 Å². The van der Waals surface area contributed by atoms with Crippen molar-refractivity contribution in [3.63, 3.8) is 0 Å². The Balaban J connectivity index is 1.19. The molecule has 178 valence electrons. The summed E-state index contributed by atoms with van der Waals surface area (Å²) in [7, 11) is 0. The highest BCUT2D eigenvalue weighted by molar-refractivity contribution is 5.81. The zero-order chi connectivity index (χ0) is 23.7. The van der Waals surface area contributed by atoms with Crippen molar-refractivity contribution in [2.24, 2.45) is 5.92 Å². The van der Waals surface area contributed by atoms with Gasteiger partial charge in [-0.05, 0) is 47.9 Å². The Hall–Kier alpha value is -3.35. The molecule has 0 atom stereocenters. The summed E-state index contributed by atoms with van der Waals surface area (Å²) in [6.07, 6.45) is 3.97. The maximum absolute atomic E-state index is 12.8. The molecule has 0 spiro atoms. The van der Waals surface area contributed by atoms with Crippen LogP contribution in [0.3, 0.4) is 0 Å². The van der Waals surface area contributed by atoms with Crippen molar-refractivity contribution >= 4 is 18.0 Å². The van der Waals surface area contributed by atoms with Crippen LogP contribution in [0.1, 0.15) is 62.0 Å². The van der Waals surface area contributed by atoms with Gasteiger partial charge in [-0.1, -0.05) is 61.4 Å². The first kappa shape index (κ1) is 22.4. The summed E-state index contributed by atoms with van der Waals surface area (Å²) in [5, 5.41) is 15.0. The lowest BCUT2D eigenvalue weighted by Gasteiger charge is -2.35. The van der Waals surface area contributed by atoms with Gasteiger partial charge in [-0.25, -0.2) is 4.79 Å². The molecule has 3 N–H and O–H groups in total. The fourth-order valence-corrected chi connectivity index (χ4v) is 5.77. The molecule has 7 heteroatoms. The minimum absolute atomic E-state index is 0.0122. The van der Waals surface area contributed by atoms with Gasteiger partial charge in [-0.15, -0.1) is 0 Å². The van der Waals surface area contributed by atoms with E-state index < -0.39 is 17.6 Å². The predicted octanol–water partition coefficient (Wildman–Crippen LogP) is 4.21. The average molecular weight is 463 g/mol. The number of carboxylic acids is 1. The van der Waals surface area contributed by atoms with E-state index in [9.17, 15) is 14.4 Å². The van der Waals surface area contributed by atoms with E-state index in [0.717, 1.165) is 36.8 Å². The van der Waals surface area contributed by atoms with E-state index in [1.807, 2.05) is 24.3 Å². The molecule has 3 aliphatic rings. The lowest BCUT2D eigenvalue weighted by atomic mass is 9.80. The molecule has 2 fully saturated rings. The van der Waals surface area contributed by atoms with Crippen LogP contribution in [0.2, 0.25) is 0 Å². The molecule has 2 aromatic carbocycles. The smallest absolute Gasteiger partial charge is 0.407 e. The van der Waals surface area contributed by atoms with Gasteiger partial charge in [0.05, 0.1) is 11.5 Å². The van der Waals surface area contributed by atoms with Gasteiger partial charge < -0.3 is 20.5 Å². The number of hydrogen-bond donors (Lipinski definition) is 3. The summed E-state index contributed by atoms with van der Waals surface area (Å²) in [5.74, 6) is -1.34. The van der Waals surface area contributed by atoms with Crippen molar-refractivity contribution in [2.45, 2.75) is 62.4 Å². The van der Waals surface area contributed by atoms with Crippen molar-refractivity contribution in [1.82, 2.24) is 10.6 Å². The zero-order valence-electron chi connectivity index (χ0n) is 19.1. The predicted molar refractivity (Wildman–Crippen MR) is 126 cm³/mol. The third-order valence-corrected chi connectivity index (χ3v) is 7.62. The van der Waals surface area contributed by atoms with E-state index in [2.05, 4.69) is 34.9 Å². The fraction of sp³-hybridized carbons (Fsp3) is 0.444. The molecule has 0 aliphatic heterocycles. The molecule has 3 aliphatic carbocycles. The Morgan fingerprint density at radius 2 is 1.53 bits per heavy atom. The standard InChI is InChI=1S/C27H30N2O5/c30-24(28-18-13-17(14-18)25(31)32)15-27(11-5-6-12-27)29-26(33)34-16-23-21-9-3-1-7-19(21)20-8-2-4-10-22(20)23/h1-4,7-10,17-18,23H,5-6,11-16H2,(H,28,30)(H,29,33)(H,31,32). The quantitative estimate of drug-likeness (QED) is 0.572. The van der Waals surface area contributed by atoms with Crippen molar-refractivity contribution in [3.05, 3.63) is 59.7 Å². The van der Waals surface area contributed by atoms with Crippen LogP contribution in [0, 0.1) is 5.92 Å². The lowest BCUT2D eigenvalue weighted by molar-refractivity contribution is -0.146. The van der Waals surface area contributed by atoms with Gasteiger partial charge in [-0.3, -0.25) is 9.59 Å². The Morgan fingerprint density at radius 3 is 2.12 bits per heavy atom. The molecule has 0 heterocycles. The van der Waals surface area contributed by atoms with E-state index >= 15 is 0 Å². The van der Waals surface area contributed by atoms with Crippen LogP contribution in [0.4, 0.5) is 4.79 Å². The van der Waals surface area contributed by atoms with Gasteiger partial charge in [0, 0.05) is 18.4 Å². The number of hydrogen-bond acceptors (Lipinski definition) is 4. The van der Waals surface area contributed by atoms with Crippen LogP contribution < -0.4 is 10.6 Å². The number of benzene rings is 2. The fourth-order valence-electron chi connectivity index (χ4n) is 5.77. The van der Waals surface area contributed by atoms with E-state index in [1.165, 1.54) is 11.1 Å². The molecule has 0 saturated heterocycles. The number of alkyl carbamates (subject to hydrolysis) is 1. The highest BCUT2D eigenvalue weighted by atomic mass is 16.5. The first-order valence-electron chi connectivity index (χ1n) is 12.1. The molecular formula is C27H30N2O5. The van der Waals surface area contributed by atoms with E-state index in [0.29, 0.717) is 12.8 Å². The normalized spacial score (nSPS) is 22.2. The van der Waals surface area contributed by atoms with Crippen molar-refractivity contribution < 1.29 is 24.2 Å². The van der Waals surface area contributed by atoms with E-state index in [1.54, 1.807) is 0 Å². The highest BCUT2D eigenvalue weighted by Crippen LogP contribution is 2.44. The van der Waals surface area contributed by atoms with E-state index in [-0.39, 0.29) is 36.8 Å². The molecule has 7 nitrogen and oxygen atoms in total. The molecule has 34 heavy (non-hydrogen) atoms. The summed E-state index contributed by atoms with van der Waals surface area (Å²) in [6, 6.07) is 16.3. The van der Waals surface area contributed by atoms with Gasteiger partial charge in [0.2, 0.25) is 5.91 Å². The number of carboxylic acid groups (broad SMARTS) is 1. The second-order valence-corrected chi connectivity index (χ2v) is 9.89. The minimum Gasteiger partial charge on any atom is -0.481 e. The molecular weight excluding hydrogens is 432 g/mol. The number of amides is 2. The van der Waals surface area contributed by atoms with Gasteiger partial charge >= 0.3 is 12.1 Å². The van der Waals surface area contributed by atoms with Crippen molar-refractivity contribution in [1.29, 1.82) is 0 Å². The number of fused-ring (bicyclic) bond motifs is 3. The monoisotopic (exact) mass is 462 g/mol. The summed E-state index contributed by atoms with van der Waals surface area (Å²) in [4.78, 5) is 36.5. The average Bonchev–Trinajstić information content (AvgIpc) is 3.36. The summed E-state index contributed by atoms with van der Waals surface area (Å²) in [6.45, 7) is 0.237. The SMILES string of the molecule is O=C(CC1(NC(=O)OCC2c3ccccc3-c3ccccc32)CCCC1)NC1CC(C(=O)O)C1. The zero-order valence-corrected chi connectivity index (χ0v) is 19.1. The number of carbonyl (C=O) groups excluding carboxylic acids is 2. The largest absolute Gasteiger partial charge is 0.481 e. The van der Waals surface area contributed by atoms with Gasteiger partial charge in [0.15, 0.2) is 0 Å². The van der Waals surface area contributed by atoms with Crippen LogP contribution in [0.15, 0.2) is 48.5 Å². The first-order valence-corrected chi connectivity index (χ1v) is 12.1. The number of rotatable bonds is 7. The second kappa shape index (κ2) is 9.12. The number of nitrogens with one attached hydrogen (secondary N) is 2. The lowest BCUT2D eigenvalue weighted by Crippen LogP contribution is -2.52. The Morgan fingerprint density at radius 1 is 0.941 bits per heavy atom. The Kier molecular flexibility index (Phi) is 6.02. The third kappa shape index (κ3) is 4.39. The van der Waals surface area contributed by atoms with Crippen LogP contribution in [-0.4, -0.2) is 41.3 Å². The topological polar surface area (TPSA) is 105 Å². The maximum Gasteiger partial charge on any atom is 0.407 e. The van der Waals surface area contributed by atoms with E-state index in [4.69, 9.17) is 9.84 Å². The van der Waals surface area contributed by atoms with Crippen molar-refractivity contribution in [3.8, 4) is 11.1 Å². The summed E-state index contributed by atoms with van der Waals surface area (Å²) >= 11 is 0. The molecule has 5 rings (SSSR count).